The number of nitrogens with one attached hydrogen (secondary N) is 2. The summed E-state index contributed by atoms with van der Waals surface area (Å²) in [6.07, 6.45) is 5.69. The second kappa shape index (κ2) is 7.98. The smallest absolute Gasteiger partial charge is 0.241 e. The second-order valence-corrected chi connectivity index (χ2v) is 7.58. The Morgan fingerprint density at radius 1 is 1.11 bits per heavy atom. The van der Waals surface area contributed by atoms with Gasteiger partial charge in [0.2, 0.25) is 5.91 Å². The molecule has 0 bridgehead atoms. The van der Waals surface area contributed by atoms with Gasteiger partial charge >= 0.3 is 0 Å². The van der Waals surface area contributed by atoms with Crippen molar-refractivity contribution in [3.05, 3.63) is 89.5 Å². The molecule has 144 valence electrons. The molecular weight excluding hydrogens is 348 g/mol. The van der Waals surface area contributed by atoms with E-state index in [-0.39, 0.29) is 5.91 Å². The molecule has 3 aromatic rings. The highest BCUT2D eigenvalue weighted by atomic mass is 16.2. The normalized spacial score (nSPS) is 14.8. The fourth-order valence-electron chi connectivity index (χ4n) is 4.10. The summed E-state index contributed by atoms with van der Waals surface area (Å²) in [5.74, 6) is 0.0987. The summed E-state index contributed by atoms with van der Waals surface area (Å²) in [5, 5.41) is 3.18. The van der Waals surface area contributed by atoms with Gasteiger partial charge in [0.05, 0.1) is 6.33 Å². The topological polar surface area (TPSA) is 61.0 Å². The lowest BCUT2D eigenvalue weighted by atomic mass is 9.91. The lowest BCUT2D eigenvalue weighted by Crippen LogP contribution is -2.58. The zero-order chi connectivity index (χ0) is 19.4. The highest BCUT2D eigenvalue weighted by Gasteiger charge is 2.46. The second-order valence-electron chi connectivity index (χ2n) is 7.58. The molecule has 0 atom stereocenters. The summed E-state index contributed by atoms with van der Waals surface area (Å²) in [6, 6.07) is 18.7. The Hall–Kier alpha value is -2.92. The third-order valence-corrected chi connectivity index (χ3v) is 5.73. The van der Waals surface area contributed by atoms with Gasteiger partial charge in [0.1, 0.15) is 5.54 Å². The van der Waals surface area contributed by atoms with Gasteiger partial charge < -0.3 is 10.3 Å². The average Bonchev–Trinajstić information content (AvgIpc) is 3.37. The summed E-state index contributed by atoms with van der Waals surface area (Å²) in [4.78, 5) is 22.8. The first-order valence-electron chi connectivity index (χ1n) is 9.75. The van der Waals surface area contributed by atoms with Crippen LogP contribution >= 0.6 is 0 Å². The number of carbonyl (C=O) groups excluding carboxylic acids is 1. The average molecular weight is 374 g/mol. The molecule has 0 radical (unpaired) electrons. The summed E-state index contributed by atoms with van der Waals surface area (Å²) in [6.45, 7) is 1.33. The molecule has 4 rings (SSSR count). The lowest BCUT2D eigenvalue weighted by Gasteiger charge is -2.37. The number of rotatable bonds is 7. The quantitative estimate of drug-likeness (QED) is 0.668. The Balaban J connectivity index is 1.52. The Kier molecular flexibility index (Phi) is 5.26. The van der Waals surface area contributed by atoms with E-state index in [2.05, 4.69) is 63.6 Å². The first-order valence-corrected chi connectivity index (χ1v) is 9.75. The molecule has 0 spiro atoms. The molecule has 0 saturated heterocycles. The third-order valence-electron chi connectivity index (χ3n) is 5.73. The van der Waals surface area contributed by atoms with E-state index in [0.29, 0.717) is 6.54 Å². The maximum atomic E-state index is 13.4. The van der Waals surface area contributed by atoms with Crippen molar-refractivity contribution in [1.82, 2.24) is 20.2 Å². The number of imidazole rings is 1. The minimum atomic E-state index is -0.562. The van der Waals surface area contributed by atoms with Gasteiger partial charge in [-0.1, -0.05) is 54.6 Å². The van der Waals surface area contributed by atoms with Crippen LogP contribution in [-0.4, -0.2) is 39.9 Å². The van der Waals surface area contributed by atoms with Gasteiger partial charge in [0.25, 0.3) is 0 Å². The fourth-order valence-corrected chi connectivity index (χ4v) is 4.10. The van der Waals surface area contributed by atoms with Crippen molar-refractivity contribution in [3.63, 3.8) is 0 Å². The maximum Gasteiger partial charge on any atom is 0.241 e. The Bertz CT molecular complexity index is 896. The first-order chi connectivity index (χ1) is 13.7. The number of H-pyrrole nitrogens is 1. The Morgan fingerprint density at radius 2 is 1.79 bits per heavy atom. The van der Waals surface area contributed by atoms with Crippen molar-refractivity contribution < 1.29 is 4.79 Å². The number of likely N-dealkylation sites (N-methyl/N-ethyl adjacent to an activating group) is 1. The van der Waals surface area contributed by atoms with Crippen molar-refractivity contribution in [1.29, 1.82) is 0 Å². The van der Waals surface area contributed by atoms with Crippen molar-refractivity contribution in [3.8, 4) is 0 Å². The number of hydrogen-bond donors (Lipinski definition) is 2. The number of benzene rings is 2. The number of aromatic nitrogens is 2. The van der Waals surface area contributed by atoms with Crippen LogP contribution in [0.5, 0.6) is 0 Å². The minimum Gasteiger partial charge on any atom is -0.354 e. The molecule has 2 aromatic carbocycles. The predicted octanol–water partition coefficient (Wildman–Crippen LogP) is 2.74. The Labute approximate surface area is 165 Å². The molecular formula is C23H26N4O. The van der Waals surface area contributed by atoms with Gasteiger partial charge in [-0.25, -0.2) is 4.98 Å². The molecule has 1 aliphatic rings. The van der Waals surface area contributed by atoms with Crippen LogP contribution in [0.2, 0.25) is 0 Å². The van der Waals surface area contributed by atoms with E-state index in [1.807, 2.05) is 18.2 Å². The van der Waals surface area contributed by atoms with Crippen molar-refractivity contribution in [2.45, 2.75) is 31.3 Å². The molecule has 28 heavy (non-hydrogen) atoms. The SMILES string of the molecule is CN(Cc1ccccc1)C1(C(=O)NCCc2cnc[nH]2)Cc2ccccc2C1. The molecule has 0 unspecified atom stereocenters. The van der Waals surface area contributed by atoms with Gasteiger partial charge in [-0.2, -0.15) is 0 Å². The molecule has 0 fully saturated rings. The zero-order valence-electron chi connectivity index (χ0n) is 16.2. The fraction of sp³-hybridized carbons (Fsp3) is 0.304. The van der Waals surface area contributed by atoms with Crippen molar-refractivity contribution >= 4 is 5.91 Å². The number of nitrogens with zero attached hydrogens (tertiary/aromatic N) is 2. The van der Waals surface area contributed by atoms with E-state index >= 15 is 0 Å². The standard InChI is InChI=1S/C23H26N4O/c1-27(16-18-7-3-2-4-8-18)23(13-19-9-5-6-10-20(19)14-23)22(28)25-12-11-21-15-24-17-26-21/h2-10,15,17H,11-14,16H2,1H3,(H,24,26)(H,25,28). The Morgan fingerprint density at radius 3 is 2.43 bits per heavy atom. The number of aromatic amines is 1. The van der Waals surface area contributed by atoms with Crippen LogP contribution in [0.1, 0.15) is 22.4 Å². The van der Waals surface area contributed by atoms with E-state index in [4.69, 9.17) is 0 Å². The van der Waals surface area contributed by atoms with Gasteiger partial charge in [-0.05, 0) is 23.7 Å². The molecule has 5 heteroatoms. The van der Waals surface area contributed by atoms with E-state index in [0.717, 1.165) is 31.5 Å². The van der Waals surface area contributed by atoms with Crippen LogP contribution in [0.3, 0.4) is 0 Å². The summed E-state index contributed by atoms with van der Waals surface area (Å²) in [5.41, 5.74) is 4.22. The highest BCUT2D eigenvalue weighted by molar-refractivity contribution is 5.88. The molecule has 2 N–H and O–H groups in total. The van der Waals surface area contributed by atoms with Crippen LogP contribution in [0.25, 0.3) is 0 Å². The molecule has 1 amide bonds. The van der Waals surface area contributed by atoms with Crippen LogP contribution < -0.4 is 5.32 Å². The predicted molar refractivity (Wildman–Crippen MR) is 110 cm³/mol. The van der Waals surface area contributed by atoms with Gasteiger partial charge in [-0.15, -0.1) is 0 Å². The first kappa shape index (κ1) is 18.4. The van der Waals surface area contributed by atoms with Crippen molar-refractivity contribution in [2.75, 3.05) is 13.6 Å². The molecule has 1 heterocycles. The van der Waals surface area contributed by atoms with Crippen LogP contribution in [0.4, 0.5) is 0 Å². The van der Waals surface area contributed by atoms with Crippen molar-refractivity contribution in [2.24, 2.45) is 0 Å². The summed E-state index contributed by atoms with van der Waals surface area (Å²) >= 11 is 0. The molecule has 0 saturated carbocycles. The molecule has 5 nitrogen and oxygen atoms in total. The third kappa shape index (κ3) is 3.71. The molecule has 1 aromatic heterocycles. The number of carbonyl (C=O) groups is 1. The maximum absolute atomic E-state index is 13.4. The number of amides is 1. The zero-order valence-corrected chi connectivity index (χ0v) is 16.2. The number of fused-ring (bicyclic) bond motifs is 1. The van der Waals surface area contributed by atoms with Crippen LogP contribution in [0.15, 0.2) is 67.1 Å². The minimum absolute atomic E-state index is 0.0987. The highest BCUT2D eigenvalue weighted by Crippen LogP contribution is 2.35. The van der Waals surface area contributed by atoms with Crippen LogP contribution in [0, 0.1) is 0 Å². The monoisotopic (exact) mass is 374 g/mol. The molecule has 1 aliphatic carbocycles. The van der Waals surface area contributed by atoms with E-state index in [9.17, 15) is 4.79 Å². The van der Waals surface area contributed by atoms with E-state index in [1.165, 1.54) is 16.7 Å². The van der Waals surface area contributed by atoms with E-state index in [1.54, 1.807) is 12.5 Å². The summed E-state index contributed by atoms with van der Waals surface area (Å²) in [7, 11) is 2.06. The van der Waals surface area contributed by atoms with E-state index < -0.39 is 5.54 Å². The largest absolute Gasteiger partial charge is 0.354 e. The van der Waals surface area contributed by atoms with Gasteiger partial charge in [0.15, 0.2) is 0 Å². The van der Waals surface area contributed by atoms with Gasteiger partial charge in [-0.3, -0.25) is 9.69 Å². The molecule has 0 aliphatic heterocycles. The number of hydrogen-bond acceptors (Lipinski definition) is 3. The van der Waals surface area contributed by atoms with Crippen LogP contribution in [-0.2, 0) is 30.6 Å². The summed E-state index contributed by atoms with van der Waals surface area (Å²) < 4.78 is 0. The van der Waals surface area contributed by atoms with Gasteiger partial charge in [0, 0.05) is 44.2 Å². The lowest BCUT2D eigenvalue weighted by molar-refractivity contribution is -0.132.